The molecule has 5 aliphatic heterocycles. The lowest BCUT2D eigenvalue weighted by atomic mass is 9.76. The predicted molar refractivity (Wildman–Crippen MR) is 270 cm³/mol. The van der Waals surface area contributed by atoms with Gasteiger partial charge in [0.2, 0.25) is 23.3 Å². The second kappa shape index (κ2) is 20.1. The number of rotatable bonds is 14. The lowest BCUT2D eigenvalue weighted by Gasteiger charge is -2.47. The fourth-order valence-corrected chi connectivity index (χ4v) is 11.0. The molecule has 2 amide bonds. The Hall–Kier alpha value is -6.86. The summed E-state index contributed by atoms with van der Waals surface area (Å²) in [6.45, 7) is 15.5. The summed E-state index contributed by atoms with van der Waals surface area (Å²) in [5.74, 6) is 0.255. The van der Waals surface area contributed by atoms with Crippen molar-refractivity contribution in [3.05, 3.63) is 140 Å². The molecular formula is C53H62N8O10. The highest BCUT2D eigenvalue weighted by atomic mass is 16.6. The maximum Gasteiger partial charge on any atom is 0.280 e. The van der Waals surface area contributed by atoms with Crippen LogP contribution in [0.4, 0.5) is 22.7 Å². The van der Waals surface area contributed by atoms with E-state index in [4.69, 9.17) is 18.9 Å². The van der Waals surface area contributed by atoms with Crippen LogP contribution >= 0.6 is 0 Å². The number of carbonyl (C=O) groups excluding carboxylic acids is 2. The molecule has 2 unspecified atom stereocenters. The molecule has 18 nitrogen and oxygen atoms in total. The molecular weight excluding hydrogens is 909 g/mol. The molecule has 5 aliphatic rings. The van der Waals surface area contributed by atoms with E-state index >= 15 is 0 Å². The minimum Gasteiger partial charge on any atom is -0.463 e. The lowest BCUT2D eigenvalue weighted by molar-refractivity contribution is -0.385. The van der Waals surface area contributed by atoms with E-state index in [1.165, 1.54) is 12.1 Å². The normalized spacial score (nSPS) is 22.5. The van der Waals surface area contributed by atoms with E-state index in [1.54, 1.807) is 24.3 Å². The Morgan fingerprint density at radius 1 is 0.563 bits per heavy atom. The van der Waals surface area contributed by atoms with Crippen LogP contribution in [0.25, 0.3) is 12.2 Å². The smallest absolute Gasteiger partial charge is 0.280 e. The maximum absolute atomic E-state index is 12.6. The number of nitrogens with zero attached hydrogens (tertiary/aromatic N) is 6. The summed E-state index contributed by atoms with van der Waals surface area (Å²) in [7, 11) is 0. The van der Waals surface area contributed by atoms with Crippen LogP contribution in [0.3, 0.4) is 0 Å². The van der Waals surface area contributed by atoms with Gasteiger partial charge in [0.1, 0.15) is 17.9 Å². The number of nitro benzene ring substituents is 2. The Balaban J connectivity index is 0.819. The van der Waals surface area contributed by atoms with Crippen LogP contribution in [-0.2, 0) is 29.9 Å². The topological polar surface area (TPSA) is 194 Å². The molecule has 71 heavy (non-hydrogen) atoms. The highest BCUT2D eigenvalue weighted by molar-refractivity contribution is 5.96. The van der Waals surface area contributed by atoms with Gasteiger partial charge in [-0.15, -0.1) is 0 Å². The van der Waals surface area contributed by atoms with Crippen molar-refractivity contribution in [2.24, 2.45) is 0 Å². The third-order valence-corrected chi connectivity index (χ3v) is 14.9. The number of nitro groups is 2. The van der Waals surface area contributed by atoms with E-state index in [0.717, 1.165) is 22.5 Å². The molecule has 2 atom stereocenters. The maximum atomic E-state index is 12.6. The van der Waals surface area contributed by atoms with Gasteiger partial charge in [0.05, 0.1) is 58.2 Å². The van der Waals surface area contributed by atoms with Gasteiger partial charge in [0.25, 0.3) is 11.4 Å². The van der Waals surface area contributed by atoms with E-state index in [-0.39, 0.29) is 39.5 Å². The van der Waals surface area contributed by atoms with Crippen molar-refractivity contribution in [3.63, 3.8) is 0 Å². The number of benzene rings is 4. The number of anilines is 2. The molecule has 0 saturated carbocycles. The van der Waals surface area contributed by atoms with Crippen LogP contribution in [0, 0.1) is 20.2 Å². The van der Waals surface area contributed by atoms with E-state index in [0.29, 0.717) is 115 Å². The summed E-state index contributed by atoms with van der Waals surface area (Å²) in [6.07, 6.45) is 7.26. The summed E-state index contributed by atoms with van der Waals surface area (Å²) in [4.78, 5) is 57.2. The minimum atomic E-state index is -0.959. The number of para-hydroxylation sites is 2. The summed E-state index contributed by atoms with van der Waals surface area (Å²) in [5.41, 5.74) is 2.14. The molecule has 0 bridgehead atoms. The van der Waals surface area contributed by atoms with Crippen molar-refractivity contribution in [1.29, 1.82) is 0 Å². The van der Waals surface area contributed by atoms with Gasteiger partial charge in [-0.2, -0.15) is 0 Å². The zero-order chi connectivity index (χ0) is 50.0. The van der Waals surface area contributed by atoms with Crippen LogP contribution in [-0.4, -0.2) is 135 Å². The Kier molecular flexibility index (Phi) is 13.9. The first-order valence-corrected chi connectivity index (χ1v) is 24.4. The first-order chi connectivity index (χ1) is 34.2. The van der Waals surface area contributed by atoms with E-state index in [1.807, 2.05) is 48.6 Å². The molecule has 5 heterocycles. The van der Waals surface area contributed by atoms with Crippen LogP contribution in [0.1, 0.15) is 56.4 Å². The first-order valence-electron chi connectivity index (χ1n) is 24.4. The zero-order valence-electron chi connectivity index (χ0n) is 40.8. The van der Waals surface area contributed by atoms with Crippen molar-refractivity contribution in [2.75, 3.05) is 102 Å². The Morgan fingerprint density at radius 2 is 0.972 bits per heavy atom. The zero-order valence-corrected chi connectivity index (χ0v) is 40.8. The van der Waals surface area contributed by atoms with Gasteiger partial charge in [-0.3, -0.25) is 39.6 Å². The molecule has 4 aromatic rings. The number of carbonyl (C=O) groups is 2. The number of hydrogen-bond donors (Lipinski definition) is 2. The van der Waals surface area contributed by atoms with Gasteiger partial charge in [-0.05, 0) is 87.4 Å². The molecule has 2 N–H and O–H groups in total. The van der Waals surface area contributed by atoms with Crippen LogP contribution in [0.2, 0.25) is 0 Å². The number of hydrogen-bond acceptors (Lipinski definition) is 14. The van der Waals surface area contributed by atoms with Crippen molar-refractivity contribution < 1.29 is 38.4 Å². The average molecular weight is 971 g/mol. The van der Waals surface area contributed by atoms with Crippen molar-refractivity contribution in [1.82, 2.24) is 20.4 Å². The second-order valence-corrected chi connectivity index (χ2v) is 19.5. The minimum absolute atomic E-state index is 0.00655. The standard InChI is InChI=1S/C53H62N8O10/c1-50(2)40-11-5-7-13-44(40)58(52(50)21-19-38-42(60(64)65)15-9-17-46(38)70-52)31-35-68-33-29-56-25-23-54-48(62)37-49(63)55-24-26-57(28-27-56)30-34-69-36-32-59-45-14-8-6-12-41(45)51(3,4)53(59)22-20-39-43(61(66)67)16-10-18-47(39)71-53/h5-22H,23-37H2,1-4H3,(H,54,62)(H,55,63). The lowest BCUT2D eigenvalue weighted by Crippen LogP contribution is -2.60. The first kappa shape index (κ1) is 49.1. The van der Waals surface area contributed by atoms with Gasteiger partial charge in [-0.1, -0.05) is 48.5 Å². The van der Waals surface area contributed by atoms with Gasteiger partial charge in [0, 0.05) is 89.0 Å². The third kappa shape index (κ3) is 9.20. The molecule has 18 heteroatoms. The quantitative estimate of drug-likeness (QED) is 0.0621. The van der Waals surface area contributed by atoms with Crippen LogP contribution in [0.15, 0.2) is 97.1 Å². The largest absolute Gasteiger partial charge is 0.463 e. The molecule has 0 radical (unpaired) electrons. The second-order valence-electron chi connectivity index (χ2n) is 19.5. The van der Waals surface area contributed by atoms with Crippen molar-refractivity contribution in [2.45, 2.75) is 56.4 Å². The summed E-state index contributed by atoms with van der Waals surface area (Å²) in [6, 6.07) is 26.2. The number of amides is 2. The van der Waals surface area contributed by atoms with Gasteiger partial charge in [0.15, 0.2) is 0 Å². The van der Waals surface area contributed by atoms with E-state index in [2.05, 4.69) is 82.2 Å². The molecule has 4 aromatic carbocycles. The molecule has 0 aliphatic carbocycles. The number of ether oxygens (including phenoxy) is 4. The molecule has 9 rings (SSSR count). The van der Waals surface area contributed by atoms with Gasteiger partial charge in [-0.25, -0.2) is 0 Å². The van der Waals surface area contributed by atoms with Crippen molar-refractivity contribution in [3.8, 4) is 11.5 Å². The number of nitrogens with one attached hydrogen (secondary N) is 2. The summed E-state index contributed by atoms with van der Waals surface area (Å²) >= 11 is 0. The Morgan fingerprint density at radius 3 is 1.39 bits per heavy atom. The SMILES string of the molecule is CC1(C)c2ccccc2N(CCOCCN2CCNC(=O)CC(=O)NCCN(CCOCCN3c4ccccc4C(C)(C)C34C=Cc3c(cccc3[N+](=O)[O-])O4)CC2)C12C=Cc1c(cccc1[N+](=O)[O-])O2. The molecule has 1 fully saturated rings. The van der Waals surface area contributed by atoms with E-state index < -0.39 is 22.3 Å². The fourth-order valence-electron chi connectivity index (χ4n) is 11.0. The highest BCUT2D eigenvalue weighted by Gasteiger charge is 2.60. The molecule has 1 saturated heterocycles. The summed E-state index contributed by atoms with van der Waals surface area (Å²) in [5, 5.41) is 29.5. The van der Waals surface area contributed by atoms with E-state index in [9.17, 15) is 29.8 Å². The van der Waals surface area contributed by atoms with Gasteiger partial charge >= 0.3 is 0 Å². The predicted octanol–water partition coefficient (Wildman–Crippen LogP) is 6.28. The Labute approximate surface area is 413 Å². The summed E-state index contributed by atoms with van der Waals surface area (Å²) < 4.78 is 26.4. The van der Waals surface area contributed by atoms with Crippen LogP contribution < -0.4 is 29.9 Å². The fraction of sp³-hybridized carbons (Fsp3) is 0.434. The van der Waals surface area contributed by atoms with Crippen LogP contribution in [0.5, 0.6) is 11.5 Å². The molecule has 374 valence electrons. The molecule has 2 spiro atoms. The van der Waals surface area contributed by atoms with Crippen molar-refractivity contribution >= 4 is 46.7 Å². The van der Waals surface area contributed by atoms with Gasteiger partial charge < -0.3 is 39.4 Å². The third-order valence-electron chi connectivity index (χ3n) is 14.9. The monoisotopic (exact) mass is 970 g/mol. The molecule has 0 aromatic heterocycles. The number of fused-ring (bicyclic) bond motifs is 4. The highest BCUT2D eigenvalue weighted by Crippen LogP contribution is 2.57. The average Bonchev–Trinajstić information content (AvgIpc) is 3.64. The Bertz CT molecular complexity index is 2560.